The lowest BCUT2D eigenvalue weighted by atomic mass is 9.92. The fraction of sp³-hybridized carbons (Fsp3) is 0.348. The van der Waals surface area contributed by atoms with E-state index in [1.165, 1.54) is 6.26 Å². The van der Waals surface area contributed by atoms with Crippen molar-refractivity contribution >= 4 is 26.4 Å². The Kier molecular flexibility index (Phi) is 5.90. The first-order valence-electron chi connectivity index (χ1n) is 10.2. The van der Waals surface area contributed by atoms with Crippen molar-refractivity contribution in [1.29, 1.82) is 5.26 Å². The first-order valence-corrected chi connectivity index (χ1v) is 12.1. The van der Waals surface area contributed by atoms with Crippen LogP contribution in [0.1, 0.15) is 25.5 Å². The number of fused-ring (bicyclic) bond motifs is 1. The zero-order chi connectivity index (χ0) is 22.0. The number of anilines is 1. The maximum atomic E-state index is 11.7. The Balaban J connectivity index is 1.68. The lowest BCUT2D eigenvalue weighted by molar-refractivity contribution is 0.0622. The van der Waals surface area contributed by atoms with Crippen molar-refractivity contribution in [3.8, 4) is 17.2 Å². The number of sulfone groups is 1. The van der Waals surface area contributed by atoms with Crippen molar-refractivity contribution in [2.24, 2.45) is 5.92 Å². The molecule has 1 saturated heterocycles. The summed E-state index contributed by atoms with van der Waals surface area (Å²) in [6.45, 7) is 3.65. The summed E-state index contributed by atoms with van der Waals surface area (Å²) < 4.78 is 28.9. The van der Waals surface area contributed by atoms with Gasteiger partial charge in [0.05, 0.1) is 16.1 Å². The molecule has 1 atom stereocenters. The Labute approximate surface area is 182 Å². The molecule has 3 aromatic rings. The van der Waals surface area contributed by atoms with E-state index < -0.39 is 9.84 Å². The van der Waals surface area contributed by atoms with Gasteiger partial charge in [-0.1, -0.05) is 18.2 Å². The van der Waals surface area contributed by atoms with E-state index in [1.54, 1.807) is 24.3 Å². The third-order valence-corrected chi connectivity index (χ3v) is 6.96. The molecule has 1 N–H and O–H groups in total. The van der Waals surface area contributed by atoms with Crippen LogP contribution in [0.3, 0.4) is 0 Å². The van der Waals surface area contributed by atoms with Gasteiger partial charge in [0.15, 0.2) is 15.5 Å². The number of benzene rings is 2. The van der Waals surface area contributed by atoms with Crippen LogP contribution in [0, 0.1) is 17.2 Å². The SMILES string of the molecule is C[C@@H](Nc1c(C#N)nnc2cc(-c3ccc(S(C)(=O)=O)cc3)ccc12)C1CCOCC1. The van der Waals surface area contributed by atoms with Gasteiger partial charge in [0.25, 0.3) is 0 Å². The maximum absolute atomic E-state index is 11.7. The second-order valence-corrected chi connectivity index (χ2v) is 9.96. The van der Waals surface area contributed by atoms with Gasteiger partial charge in [0, 0.05) is 30.9 Å². The predicted molar refractivity (Wildman–Crippen MR) is 119 cm³/mol. The van der Waals surface area contributed by atoms with E-state index in [9.17, 15) is 13.7 Å². The minimum absolute atomic E-state index is 0.173. The number of hydrogen-bond acceptors (Lipinski definition) is 7. The highest BCUT2D eigenvalue weighted by Gasteiger charge is 2.22. The van der Waals surface area contributed by atoms with Crippen LogP contribution in [0.5, 0.6) is 0 Å². The zero-order valence-electron chi connectivity index (χ0n) is 17.5. The molecule has 160 valence electrons. The standard InChI is InChI=1S/C23H24N4O3S/c1-15(16-9-11-30-12-10-16)25-23-20-8-5-18(13-21(20)26-27-22(23)14-24)17-3-6-19(7-4-17)31(2,28)29/h3-8,13,15-16H,9-12H2,1-2H3,(H,25,26)/t15-/m1/s1. The van der Waals surface area contributed by atoms with E-state index in [1.807, 2.05) is 18.2 Å². The summed E-state index contributed by atoms with van der Waals surface area (Å²) in [5.74, 6) is 0.469. The fourth-order valence-electron chi connectivity index (χ4n) is 3.97. The van der Waals surface area contributed by atoms with Crippen molar-refractivity contribution in [3.05, 3.63) is 48.2 Å². The number of nitrogens with one attached hydrogen (secondary N) is 1. The fourth-order valence-corrected chi connectivity index (χ4v) is 4.60. The van der Waals surface area contributed by atoms with Crippen LogP contribution in [0.15, 0.2) is 47.4 Å². The Morgan fingerprint density at radius 1 is 1.10 bits per heavy atom. The van der Waals surface area contributed by atoms with E-state index in [0.717, 1.165) is 42.6 Å². The summed E-state index contributed by atoms with van der Waals surface area (Å²) in [6.07, 6.45) is 3.16. The van der Waals surface area contributed by atoms with Crippen molar-refractivity contribution in [1.82, 2.24) is 10.2 Å². The molecule has 0 amide bonds. The molecule has 1 aromatic heterocycles. The van der Waals surface area contributed by atoms with Crippen LogP contribution < -0.4 is 5.32 Å². The molecule has 0 saturated carbocycles. The van der Waals surface area contributed by atoms with Crippen molar-refractivity contribution < 1.29 is 13.2 Å². The van der Waals surface area contributed by atoms with Gasteiger partial charge in [0.2, 0.25) is 0 Å². The number of hydrogen-bond donors (Lipinski definition) is 1. The minimum atomic E-state index is -3.24. The molecule has 1 aliphatic rings. The van der Waals surface area contributed by atoms with Crippen LogP contribution in [-0.2, 0) is 14.6 Å². The van der Waals surface area contributed by atoms with Gasteiger partial charge in [-0.15, -0.1) is 10.2 Å². The lowest BCUT2D eigenvalue weighted by Crippen LogP contribution is -2.31. The highest BCUT2D eigenvalue weighted by atomic mass is 32.2. The summed E-state index contributed by atoms with van der Waals surface area (Å²) >= 11 is 0. The van der Waals surface area contributed by atoms with Crippen molar-refractivity contribution in [2.45, 2.75) is 30.7 Å². The summed E-state index contributed by atoms with van der Waals surface area (Å²) in [4.78, 5) is 0.282. The van der Waals surface area contributed by atoms with Crippen LogP contribution in [-0.4, -0.2) is 44.1 Å². The highest BCUT2D eigenvalue weighted by molar-refractivity contribution is 7.90. The minimum Gasteiger partial charge on any atom is -0.381 e. The Morgan fingerprint density at radius 2 is 1.77 bits per heavy atom. The summed E-state index contributed by atoms with van der Waals surface area (Å²) in [5, 5.41) is 22.3. The number of nitrogens with zero attached hydrogens (tertiary/aromatic N) is 3. The average Bonchev–Trinajstić information content (AvgIpc) is 2.79. The first-order chi connectivity index (χ1) is 14.9. The number of rotatable bonds is 5. The van der Waals surface area contributed by atoms with Crippen molar-refractivity contribution in [2.75, 3.05) is 24.8 Å². The molecule has 0 bridgehead atoms. The smallest absolute Gasteiger partial charge is 0.186 e. The van der Waals surface area contributed by atoms with Gasteiger partial charge in [-0.25, -0.2) is 8.42 Å². The number of nitriles is 1. The normalized spacial score (nSPS) is 16.0. The van der Waals surface area contributed by atoms with E-state index in [0.29, 0.717) is 17.1 Å². The molecule has 1 fully saturated rings. The predicted octanol–water partition coefficient (Wildman–Crippen LogP) is 3.80. The van der Waals surface area contributed by atoms with Gasteiger partial charge in [-0.3, -0.25) is 0 Å². The molecule has 0 unspecified atom stereocenters. The largest absolute Gasteiger partial charge is 0.381 e. The maximum Gasteiger partial charge on any atom is 0.186 e. The summed E-state index contributed by atoms with van der Waals surface area (Å²) in [7, 11) is -3.24. The molecule has 31 heavy (non-hydrogen) atoms. The molecule has 2 aromatic carbocycles. The van der Waals surface area contributed by atoms with Crippen LogP contribution in [0.4, 0.5) is 5.69 Å². The van der Waals surface area contributed by atoms with Gasteiger partial charge in [-0.05, 0) is 61.1 Å². The summed E-state index contributed by atoms with van der Waals surface area (Å²) in [6, 6.07) is 14.9. The molecular weight excluding hydrogens is 412 g/mol. The molecule has 0 spiro atoms. The van der Waals surface area contributed by atoms with Gasteiger partial charge < -0.3 is 10.1 Å². The highest BCUT2D eigenvalue weighted by Crippen LogP contribution is 2.31. The number of aromatic nitrogens is 2. The quantitative estimate of drug-likeness (QED) is 0.648. The summed E-state index contributed by atoms with van der Waals surface area (Å²) in [5.41, 5.74) is 3.42. The first kappa shape index (κ1) is 21.2. The van der Waals surface area contributed by atoms with Gasteiger partial charge >= 0.3 is 0 Å². The molecule has 2 heterocycles. The zero-order valence-corrected chi connectivity index (χ0v) is 18.3. The van der Waals surface area contributed by atoms with Crippen LogP contribution >= 0.6 is 0 Å². The topological polar surface area (TPSA) is 105 Å². The van der Waals surface area contributed by atoms with E-state index in [2.05, 4.69) is 28.5 Å². The van der Waals surface area contributed by atoms with E-state index in [4.69, 9.17) is 4.74 Å². The van der Waals surface area contributed by atoms with E-state index in [-0.39, 0.29) is 16.6 Å². The van der Waals surface area contributed by atoms with Crippen LogP contribution in [0.2, 0.25) is 0 Å². The van der Waals surface area contributed by atoms with Gasteiger partial charge in [-0.2, -0.15) is 5.26 Å². The monoisotopic (exact) mass is 436 g/mol. The molecule has 1 aliphatic heterocycles. The van der Waals surface area contributed by atoms with Crippen LogP contribution in [0.25, 0.3) is 22.0 Å². The Bertz CT molecular complexity index is 1240. The van der Waals surface area contributed by atoms with Gasteiger partial charge in [0.1, 0.15) is 6.07 Å². The third-order valence-electron chi connectivity index (χ3n) is 5.83. The molecule has 8 heteroatoms. The molecule has 4 rings (SSSR count). The second-order valence-electron chi connectivity index (χ2n) is 7.95. The average molecular weight is 437 g/mol. The van der Waals surface area contributed by atoms with E-state index >= 15 is 0 Å². The Morgan fingerprint density at radius 3 is 2.42 bits per heavy atom. The second kappa shape index (κ2) is 8.61. The third kappa shape index (κ3) is 4.53. The number of ether oxygens (including phenoxy) is 1. The van der Waals surface area contributed by atoms with Crippen molar-refractivity contribution in [3.63, 3.8) is 0 Å². The molecule has 0 radical (unpaired) electrons. The lowest BCUT2D eigenvalue weighted by Gasteiger charge is -2.29. The molecule has 0 aliphatic carbocycles. The molecular formula is C23H24N4O3S. The Hall–Kier alpha value is -3.02. The molecule has 7 nitrogen and oxygen atoms in total.